The van der Waals surface area contributed by atoms with E-state index < -0.39 is 11.8 Å². The second-order valence-corrected chi connectivity index (χ2v) is 9.66. The zero-order valence-corrected chi connectivity index (χ0v) is 17.5. The van der Waals surface area contributed by atoms with Crippen molar-refractivity contribution in [3.8, 4) is 0 Å². The molecule has 162 valence electrons. The number of benzene rings is 1. The molecule has 4 saturated carbocycles. The molecular formula is C24H30FNO4. The summed E-state index contributed by atoms with van der Waals surface area (Å²) in [6, 6.07) is 5.28. The van der Waals surface area contributed by atoms with Crippen molar-refractivity contribution in [1.82, 2.24) is 5.32 Å². The van der Waals surface area contributed by atoms with Crippen molar-refractivity contribution in [2.24, 2.45) is 23.2 Å². The maximum Gasteiger partial charge on any atom is 0.306 e. The van der Waals surface area contributed by atoms with Crippen molar-refractivity contribution in [3.63, 3.8) is 0 Å². The molecule has 0 radical (unpaired) electrons. The molecule has 4 fully saturated rings. The van der Waals surface area contributed by atoms with Gasteiger partial charge in [-0.3, -0.25) is 14.4 Å². The van der Waals surface area contributed by atoms with Crippen LogP contribution >= 0.6 is 0 Å². The zero-order valence-electron chi connectivity index (χ0n) is 17.5. The Kier molecular flexibility index (Phi) is 5.94. The Balaban J connectivity index is 1.19. The van der Waals surface area contributed by atoms with E-state index in [0.717, 1.165) is 17.8 Å². The van der Waals surface area contributed by atoms with Gasteiger partial charge in [-0.1, -0.05) is 0 Å². The van der Waals surface area contributed by atoms with E-state index in [1.54, 1.807) is 0 Å². The first kappa shape index (κ1) is 21.0. The highest BCUT2D eigenvalue weighted by Crippen LogP contribution is 2.61. The fourth-order valence-electron chi connectivity index (χ4n) is 6.36. The van der Waals surface area contributed by atoms with Gasteiger partial charge < -0.3 is 10.1 Å². The molecule has 0 aromatic heterocycles. The van der Waals surface area contributed by atoms with Crippen molar-refractivity contribution in [3.05, 3.63) is 35.6 Å². The van der Waals surface area contributed by atoms with Crippen molar-refractivity contribution in [2.75, 3.05) is 6.61 Å². The van der Waals surface area contributed by atoms with Crippen LogP contribution in [0.15, 0.2) is 24.3 Å². The normalized spacial score (nSPS) is 30.0. The summed E-state index contributed by atoms with van der Waals surface area (Å²) in [4.78, 5) is 36.3. The predicted octanol–water partition coefficient (Wildman–Crippen LogP) is 4.05. The van der Waals surface area contributed by atoms with Crippen LogP contribution in [0, 0.1) is 29.0 Å². The summed E-state index contributed by atoms with van der Waals surface area (Å²) in [6.07, 6.45) is 7.53. The van der Waals surface area contributed by atoms with E-state index in [0.29, 0.717) is 5.56 Å². The van der Waals surface area contributed by atoms with Crippen LogP contribution in [0.4, 0.5) is 4.39 Å². The summed E-state index contributed by atoms with van der Waals surface area (Å²) in [5.74, 6) is 0.900. The van der Waals surface area contributed by atoms with E-state index in [1.165, 1.54) is 62.8 Å². The van der Waals surface area contributed by atoms with E-state index in [2.05, 4.69) is 12.2 Å². The molecule has 1 atom stereocenters. The average molecular weight is 416 g/mol. The fraction of sp³-hybridized carbons (Fsp3) is 0.625. The maximum atomic E-state index is 12.9. The predicted molar refractivity (Wildman–Crippen MR) is 109 cm³/mol. The van der Waals surface area contributed by atoms with Gasteiger partial charge in [-0.15, -0.1) is 0 Å². The minimum absolute atomic E-state index is 0.0320. The van der Waals surface area contributed by atoms with Gasteiger partial charge >= 0.3 is 5.97 Å². The summed E-state index contributed by atoms with van der Waals surface area (Å²) < 4.78 is 18.0. The summed E-state index contributed by atoms with van der Waals surface area (Å²) in [7, 11) is 0. The number of amides is 1. The SMILES string of the molecule is C[C@@H](NC(=O)COC(=O)CCC(=O)c1ccc(F)cc1)C12CC3CC(CC(C3)C1)C2. The van der Waals surface area contributed by atoms with E-state index in [-0.39, 0.29) is 42.6 Å². The Morgan fingerprint density at radius 3 is 2.17 bits per heavy atom. The lowest BCUT2D eigenvalue weighted by Crippen LogP contribution is -2.56. The van der Waals surface area contributed by atoms with Crippen LogP contribution in [0.25, 0.3) is 0 Å². The van der Waals surface area contributed by atoms with Gasteiger partial charge in [0.1, 0.15) is 5.82 Å². The molecule has 4 bridgehead atoms. The number of carbonyl (C=O) groups excluding carboxylic acids is 3. The van der Waals surface area contributed by atoms with Gasteiger partial charge in [-0.05, 0) is 92.9 Å². The first-order valence-electron chi connectivity index (χ1n) is 11.1. The largest absolute Gasteiger partial charge is 0.456 e. The summed E-state index contributed by atoms with van der Waals surface area (Å²) in [5, 5.41) is 3.07. The quantitative estimate of drug-likeness (QED) is 0.514. The van der Waals surface area contributed by atoms with Gasteiger partial charge in [-0.2, -0.15) is 0 Å². The standard InChI is InChI=1S/C24H30FNO4/c1-15(24-11-16-8-17(12-24)10-18(9-16)13-24)26-22(28)14-30-23(29)7-6-21(27)19-2-4-20(25)5-3-19/h2-5,15-18H,6-14H2,1H3,(H,26,28)/t15-,16?,17?,18?,24?/m1/s1. The van der Waals surface area contributed by atoms with Gasteiger partial charge in [0.05, 0.1) is 6.42 Å². The summed E-state index contributed by atoms with van der Waals surface area (Å²) in [5.41, 5.74) is 0.557. The number of carbonyl (C=O) groups is 3. The smallest absolute Gasteiger partial charge is 0.306 e. The van der Waals surface area contributed by atoms with Gasteiger partial charge in [0.2, 0.25) is 0 Å². The molecule has 4 aliphatic rings. The third-order valence-electron chi connectivity index (χ3n) is 7.47. The molecule has 1 aromatic carbocycles. The lowest BCUT2D eigenvalue weighted by molar-refractivity contribution is -0.149. The maximum absolute atomic E-state index is 12.9. The third kappa shape index (κ3) is 4.57. The Labute approximate surface area is 176 Å². The Bertz CT molecular complexity index is 784. The number of rotatable bonds is 8. The molecule has 0 unspecified atom stereocenters. The summed E-state index contributed by atoms with van der Waals surface area (Å²) >= 11 is 0. The molecule has 0 spiro atoms. The number of hydrogen-bond donors (Lipinski definition) is 1. The second-order valence-electron chi connectivity index (χ2n) is 9.66. The van der Waals surface area contributed by atoms with E-state index in [1.807, 2.05) is 0 Å². The van der Waals surface area contributed by atoms with Gasteiger partial charge in [0.25, 0.3) is 5.91 Å². The molecule has 0 heterocycles. The fourth-order valence-corrected chi connectivity index (χ4v) is 6.36. The molecule has 1 amide bonds. The van der Waals surface area contributed by atoms with E-state index >= 15 is 0 Å². The topological polar surface area (TPSA) is 72.5 Å². The monoisotopic (exact) mass is 415 g/mol. The number of nitrogens with one attached hydrogen (secondary N) is 1. The molecule has 5 nitrogen and oxygen atoms in total. The molecule has 1 aromatic rings. The average Bonchev–Trinajstić information content (AvgIpc) is 2.70. The zero-order chi connectivity index (χ0) is 21.3. The molecule has 4 aliphatic carbocycles. The van der Waals surface area contributed by atoms with Crippen LogP contribution in [-0.2, 0) is 14.3 Å². The Morgan fingerprint density at radius 2 is 1.60 bits per heavy atom. The number of halogens is 1. The minimum atomic E-state index is -0.580. The van der Waals surface area contributed by atoms with Gasteiger partial charge in [0.15, 0.2) is 12.4 Å². The second kappa shape index (κ2) is 8.48. The van der Waals surface area contributed by atoms with Crippen LogP contribution in [0.5, 0.6) is 0 Å². The Morgan fingerprint density at radius 1 is 1.03 bits per heavy atom. The van der Waals surface area contributed by atoms with Crippen LogP contribution in [-0.4, -0.2) is 30.3 Å². The highest BCUT2D eigenvalue weighted by atomic mass is 19.1. The number of ether oxygens (including phenoxy) is 1. The molecule has 5 rings (SSSR count). The number of hydrogen-bond acceptors (Lipinski definition) is 4. The molecular weight excluding hydrogens is 385 g/mol. The van der Waals surface area contributed by atoms with Crippen molar-refractivity contribution in [2.45, 2.75) is 64.3 Å². The number of Topliss-reactive ketones (excluding diaryl/α,β-unsaturated/α-hetero) is 1. The molecule has 0 aliphatic heterocycles. The first-order chi connectivity index (χ1) is 14.3. The minimum Gasteiger partial charge on any atom is -0.456 e. The Hall–Kier alpha value is -2.24. The number of esters is 1. The van der Waals surface area contributed by atoms with Gasteiger partial charge in [0, 0.05) is 18.0 Å². The lowest BCUT2D eigenvalue weighted by Gasteiger charge is -2.59. The first-order valence-corrected chi connectivity index (χ1v) is 11.1. The van der Waals surface area contributed by atoms with Crippen LogP contribution in [0.3, 0.4) is 0 Å². The molecule has 0 saturated heterocycles. The van der Waals surface area contributed by atoms with Gasteiger partial charge in [-0.25, -0.2) is 4.39 Å². The van der Waals surface area contributed by atoms with Crippen molar-refractivity contribution >= 4 is 17.7 Å². The van der Waals surface area contributed by atoms with E-state index in [9.17, 15) is 18.8 Å². The van der Waals surface area contributed by atoms with Crippen LogP contribution < -0.4 is 5.32 Å². The van der Waals surface area contributed by atoms with Crippen molar-refractivity contribution in [1.29, 1.82) is 0 Å². The molecule has 6 heteroatoms. The molecule has 30 heavy (non-hydrogen) atoms. The summed E-state index contributed by atoms with van der Waals surface area (Å²) in [6.45, 7) is 1.77. The number of ketones is 1. The molecule has 1 N–H and O–H groups in total. The van der Waals surface area contributed by atoms with E-state index in [4.69, 9.17) is 4.74 Å². The van der Waals surface area contributed by atoms with Crippen LogP contribution in [0.1, 0.15) is 68.6 Å². The highest BCUT2D eigenvalue weighted by Gasteiger charge is 2.53. The van der Waals surface area contributed by atoms with Crippen molar-refractivity contribution < 1.29 is 23.5 Å². The lowest BCUT2D eigenvalue weighted by atomic mass is 9.48. The third-order valence-corrected chi connectivity index (χ3v) is 7.47. The highest BCUT2D eigenvalue weighted by molar-refractivity contribution is 5.97. The van der Waals surface area contributed by atoms with Crippen LogP contribution in [0.2, 0.25) is 0 Å².